The van der Waals surface area contributed by atoms with E-state index in [0.717, 1.165) is 24.5 Å². The van der Waals surface area contributed by atoms with Crippen molar-refractivity contribution in [3.8, 4) is 0 Å². The topological polar surface area (TPSA) is 118 Å². The van der Waals surface area contributed by atoms with Crippen LogP contribution in [0.4, 0.5) is 13.2 Å². The van der Waals surface area contributed by atoms with Crippen molar-refractivity contribution < 1.29 is 27.8 Å². The maximum atomic E-state index is 12.1. The molecule has 168 valence electrons. The standard InChI is InChI=1S/C16H17ClN4O3.C2HF3O2/c17-12-3-1-11(2-4-12)7-20-6-5-16(9-20)10-21-13(8-24-16)18-19-14(22)15(21)23;3-2(4,5)1(6)7/h1-4H,5-10H2,(H,19,22);(H,6,7). The third kappa shape index (κ3) is 5.51. The lowest BCUT2D eigenvalue weighted by Crippen LogP contribution is -2.51. The van der Waals surface area contributed by atoms with Crippen LogP contribution in [0.1, 0.15) is 17.8 Å². The first-order valence-electron chi connectivity index (χ1n) is 9.08. The predicted octanol–water partition coefficient (Wildman–Crippen LogP) is 1.39. The Balaban J connectivity index is 0.000000339. The lowest BCUT2D eigenvalue weighted by atomic mass is 10.0. The SMILES string of the molecule is O=C(O)C(F)(F)F.O=c1[nH]nc2n(c1=O)CC1(CCN(Cc3ccc(Cl)cc3)C1)OC2. The number of aliphatic carboxylic acids is 1. The van der Waals surface area contributed by atoms with Gasteiger partial charge in [-0.1, -0.05) is 23.7 Å². The molecule has 0 saturated carbocycles. The van der Waals surface area contributed by atoms with Gasteiger partial charge in [-0.2, -0.15) is 18.3 Å². The molecule has 1 aromatic carbocycles. The second-order valence-electron chi connectivity index (χ2n) is 7.22. The molecule has 1 aromatic heterocycles. The number of ether oxygens (including phenoxy) is 1. The maximum Gasteiger partial charge on any atom is 0.490 e. The fourth-order valence-corrected chi connectivity index (χ4v) is 3.57. The number of nitrogens with zero attached hydrogens (tertiary/aromatic N) is 3. The molecule has 0 aliphatic carbocycles. The Bertz CT molecular complexity index is 1070. The molecule has 9 nitrogen and oxygen atoms in total. The van der Waals surface area contributed by atoms with Crippen LogP contribution < -0.4 is 11.1 Å². The molecule has 2 aliphatic rings. The van der Waals surface area contributed by atoms with Crippen molar-refractivity contribution in [2.75, 3.05) is 13.1 Å². The highest BCUT2D eigenvalue weighted by molar-refractivity contribution is 6.30. The van der Waals surface area contributed by atoms with Crippen molar-refractivity contribution in [3.63, 3.8) is 0 Å². The molecule has 31 heavy (non-hydrogen) atoms. The van der Waals surface area contributed by atoms with Gasteiger partial charge in [-0.3, -0.25) is 19.1 Å². The van der Waals surface area contributed by atoms with Gasteiger partial charge in [0.25, 0.3) is 0 Å². The van der Waals surface area contributed by atoms with Crippen LogP contribution in [0.2, 0.25) is 5.02 Å². The molecule has 1 atom stereocenters. The van der Waals surface area contributed by atoms with Crippen LogP contribution in [0.3, 0.4) is 0 Å². The van der Waals surface area contributed by atoms with Gasteiger partial charge in [0.2, 0.25) is 0 Å². The molecule has 0 amide bonds. The second kappa shape index (κ2) is 8.81. The number of aromatic nitrogens is 3. The zero-order valence-corrected chi connectivity index (χ0v) is 16.7. The number of aromatic amines is 1. The van der Waals surface area contributed by atoms with Crippen LogP contribution in [-0.4, -0.2) is 55.6 Å². The van der Waals surface area contributed by atoms with Crippen LogP contribution in [-0.2, 0) is 29.2 Å². The largest absolute Gasteiger partial charge is 0.490 e. The van der Waals surface area contributed by atoms with E-state index in [1.165, 1.54) is 10.1 Å². The molecule has 3 heterocycles. The van der Waals surface area contributed by atoms with Crippen molar-refractivity contribution in [1.29, 1.82) is 0 Å². The number of alkyl halides is 3. The molecule has 2 aromatic rings. The van der Waals surface area contributed by atoms with Crippen LogP contribution in [0.25, 0.3) is 0 Å². The molecule has 0 bridgehead atoms. The van der Waals surface area contributed by atoms with Gasteiger partial charge in [-0.05, 0) is 24.1 Å². The number of hydrogen-bond acceptors (Lipinski definition) is 6. The van der Waals surface area contributed by atoms with Crippen LogP contribution in [0.5, 0.6) is 0 Å². The van der Waals surface area contributed by atoms with E-state index in [0.29, 0.717) is 18.9 Å². The average Bonchev–Trinajstić information content (AvgIpc) is 3.09. The van der Waals surface area contributed by atoms with E-state index in [1.54, 1.807) is 0 Å². The molecule has 1 saturated heterocycles. The maximum absolute atomic E-state index is 12.1. The summed E-state index contributed by atoms with van der Waals surface area (Å²) in [5.74, 6) is -2.28. The second-order valence-corrected chi connectivity index (χ2v) is 7.66. The summed E-state index contributed by atoms with van der Waals surface area (Å²) in [4.78, 5) is 34.8. The third-order valence-electron chi connectivity index (χ3n) is 4.95. The molecule has 13 heteroatoms. The van der Waals surface area contributed by atoms with Gasteiger partial charge < -0.3 is 9.84 Å². The number of halogens is 4. The number of H-pyrrole nitrogens is 1. The van der Waals surface area contributed by atoms with Gasteiger partial charge in [-0.15, -0.1) is 0 Å². The molecular formula is C18H18ClF3N4O5. The van der Waals surface area contributed by atoms with E-state index in [9.17, 15) is 22.8 Å². The fraction of sp³-hybridized carbons (Fsp3) is 0.444. The van der Waals surface area contributed by atoms with Crippen LogP contribution in [0, 0.1) is 0 Å². The van der Waals surface area contributed by atoms with Crippen molar-refractivity contribution in [1.82, 2.24) is 19.7 Å². The Hall–Kier alpha value is -2.70. The van der Waals surface area contributed by atoms with E-state index in [2.05, 4.69) is 15.1 Å². The zero-order chi connectivity index (χ0) is 22.8. The summed E-state index contributed by atoms with van der Waals surface area (Å²) in [6.07, 6.45) is -4.26. The fourth-order valence-electron chi connectivity index (χ4n) is 3.45. The third-order valence-corrected chi connectivity index (χ3v) is 5.20. The minimum absolute atomic E-state index is 0.237. The van der Waals surface area contributed by atoms with E-state index in [-0.39, 0.29) is 6.61 Å². The quantitative estimate of drug-likeness (QED) is 0.648. The highest BCUT2D eigenvalue weighted by atomic mass is 35.5. The van der Waals surface area contributed by atoms with Crippen molar-refractivity contribution in [2.45, 2.75) is 37.9 Å². The predicted molar refractivity (Wildman–Crippen MR) is 102 cm³/mol. The number of hydrogen-bond donors (Lipinski definition) is 2. The van der Waals surface area contributed by atoms with E-state index in [1.807, 2.05) is 24.3 Å². The lowest BCUT2D eigenvalue weighted by Gasteiger charge is -2.34. The molecule has 0 radical (unpaired) electrons. The molecule has 2 N–H and O–H groups in total. The summed E-state index contributed by atoms with van der Waals surface area (Å²) in [5.41, 5.74) is -0.493. The summed E-state index contributed by atoms with van der Waals surface area (Å²) in [6.45, 7) is 3.01. The van der Waals surface area contributed by atoms with Crippen molar-refractivity contribution in [3.05, 3.63) is 61.4 Å². The molecule has 1 fully saturated rings. The number of nitrogens with one attached hydrogen (secondary N) is 1. The lowest BCUT2D eigenvalue weighted by molar-refractivity contribution is -0.192. The number of carbonyl (C=O) groups is 1. The Morgan fingerprint density at radius 2 is 1.90 bits per heavy atom. The number of likely N-dealkylation sites (tertiary alicyclic amines) is 1. The molecule has 1 spiro atoms. The molecule has 1 unspecified atom stereocenters. The van der Waals surface area contributed by atoms with E-state index < -0.39 is 28.9 Å². The number of carboxylic acids is 1. The summed E-state index contributed by atoms with van der Waals surface area (Å²) in [7, 11) is 0. The first kappa shape index (κ1) is 23.0. The van der Waals surface area contributed by atoms with Gasteiger partial charge in [0.15, 0.2) is 5.82 Å². The Labute approximate surface area is 178 Å². The first-order valence-corrected chi connectivity index (χ1v) is 9.46. The number of fused-ring (bicyclic) bond motifs is 1. The molecular weight excluding hydrogens is 445 g/mol. The van der Waals surface area contributed by atoms with Crippen molar-refractivity contribution in [2.24, 2.45) is 0 Å². The van der Waals surface area contributed by atoms with Gasteiger partial charge in [0.1, 0.15) is 12.2 Å². The van der Waals surface area contributed by atoms with Crippen LogP contribution >= 0.6 is 11.6 Å². The monoisotopic (exact) mass is 462 g/mol. The summed E-state index contributed by atoms with van der Waals surface area (Å²) in [6, 6.07) is 7.79. The Morgan fingerprint density at radius 1 is 1.26 bits per heavy atom. The minimum Gasteiger partial charge on any atom is -0.475 e. The smallest absolute Gasteiger partial charge is 0.475 e. The molecule has 4 rings (SSSR count). The highest BCUT2D eigenvalue weighted by Gasteiger charge is 2.43. The minimum atomic E-state index is -5.08. The van der Waals surface area contributed by atoms with Gasteiger partial charge in [0, 0.05) is 24.7 Å². The van der Waals surface area contributed by atoms with Crippen LogP contribution in [0.15, 0.2) is 33.9 Å². The number of benzene rings is 1. The number of rotatable bonds is 2. The van der Waals surface area contributed by atoms with Gasteiger partial charge in [-0.25, -0.2) is 9.89 Å². The normalized spacial score (nSPS) is 20.8. The van der Waals surface area contributed by atoms with E-state index in [4.69, 9.17) is 26.2 Å². The number of carboxylic acid groups (broad SMARTS) is 1. The van der Waals surface area contributed by atoms with Crippen molar-refractivity contribution >= 4 is 17.6 Å². The zero-order valence-electron chi connectivity index (χ0n) is 16.0. The van der Waals surface area contributed by atoms with E-state index >= 15 is 0 Å². The summed E-state index contributed by atoms with van der Waals surface area (Å²) < 4.78 is 39.2. The summed E-state index contributed by atoms with van der Waals surface area (Å²) >= 11 is 5.92. The summed E-state index contributed by atoms with van der Waals surface area (Å²) in [5, 5.41) is 14.0. The first-order chi connectivity index (χ1) is 14.5. The Kier molecular flexibility index (Phi) is 6.53. The average molecular weight is 463 g/mol. The Morgan fingerprint density at radius 3 is 2.52 bits per heavy atom. The highest BCUT2D eigenvalue weighted by Crippen LogP contribution is 2.31. The van der Waals surface area contributed by atoms with Gasteiger partial charge >= 0.3 is 23.3 Å². The van der Waals surface area contributed by atoms with Gasteiger partial charge in [0.05, 0.1) is 6.54 Å². The molecule has 2 aliphatic heterocycles.